The number of hydrogen-bond donors (Lipinski definition) is 2. The fraction of sp³-hybridized carbons (Fsp3) is 0.906. The van der Waals surface area contributed by atoms with E-state index in [9.17, 15) is 14.4 Å². The van der Waals surface area contributed by atoms with Crippen LogP contribution in [-0.4, -0.2) is 56.1 Å². The summed E-state index contributed by atoms with van der Waals surface area (Å²) >= 11 is 0. The lowest BCUT2D eigenvalue weighted by Gasteiger charge is -2.29. The molecular formula is C32H60N2O5. The van der Waals surface area contributed by atoms with Gasteiger partial charge in [-0.25, -0.2) is 0 Å². The van der Waals surface area contributed by atoms with Crippen LogP contribution in [0.5, 0.6) is 0 Å². The molecule has 39 heavy (non-hydrogen) atoms. The van der Waals surface area contributed by atoms with E-state index in [0.717, 1.165) is 38.5 Å². The lowest BCUT2D eigenvalue weighted by molar-refractivity contribution is -0.124. The molecule has 1 aliphatic rings. The van der Waals surface area contributed by atoms with E-state index in [1.807, 2.05) is 6.92 Å². The quantitative estimate of drug-likeness (QED) is 0.115. The van der Waals surface area contributed by atoms with Crippen molar-refractivity contribution in [1.29, 1.82) is 0 Å². The fourth-order valence-corrected chi connectivity index (χ4v) is 5.13. The standard InChI is InChI=1S/C32H60N2O5/c1-3-5-6-7-8-9-10-11-12-13-14-15-16-17-31(36)33-28-18-20-29(21-19-28)34-32(37)23-25-39-27-26-38-24-22-30(35)4-2/h28-29H,3-27H2,1-2H3,(H,33,36)(H,34,37). The van der Waals surface area contributed by atoms with Crippen molar-refractivity contribution in [1.82, 2.24) is 10.6 Å². The fourth-order valence-electron chi connectivity index (χ4n) is 5.13. The van der Waals surface area contributed by atoms with Crippen molar-refractivity contribution < 1.29 is 23.9 Å². The van der Waals surface area contributed by atoms with Gasteiger partial charge >= 0.3 is 0 Å². The zero-order chi connectivity index (χ0) is 28.4. The first-order valence-corrected chi connectivity index (χ1v) is 16.3. The first kappa shape index (κ1) is 35.6. The Balaban J connectivity index is 1.90. The van der Waals surface area contributed by atoms with Crippen LogP contribution in [0.2, 0.25) is 0 Å². The topological polar surface area (TPSA) is 93.7 Å². The summed E-state index contributed by atoms with van der Waals surface area (Å²) in [5.74, 6) is 0.400. The molecule has 0 saturated heterocycles. The van der Waals surface area contributed by atoms with Gasteiger partial charge in [0, 0.05) is 37.8 Å². The molecule has 1 aliphatic carbocycles. The van der Waals surface area contributed by atoms with Crippen molar-refractivity contribution >= 4 is 17.6 Å². The van der Waals surface area contributed by atoms with Crippen LogP contribution in [0.15, 0.2) is 0 Å². The number of nitrogens with one attached hydrogen (secondary N) is 2. The number of ketones is 1. The van der Waals surface area contributed by atoms with Gasteiger partial charge in [-0.1, -0.05) is 90.9 Å². The summed E-state index contributed by atoms with van der Waals surface area (Å²) in [6, 6.07) is 0.426. The van der Waals surface area contributed by atoms with Crippen molar-refractivity contribution in [3.05, 3.63) is 0 Å². The monoisotopic (exact) mass is 552 g/mol. The van der Waals surface area contributed by atoms with Crippen molar-refractivity contribution in [3.63, 3.8) is 0 Å². The van der Waals surface area contributed by atoms with Gasteiger partial charge in [0.05, 0.1) is 26.4 Å². The van der Waals surface area contributed by atoms with Gasteiger partial charge in [-0.05, 0) is 32.1 Å². The molecule has 1 rings (SSSR count). The molecular weight excluding hydrogens is 492 g/mol. The maximum Gasteiger partial charge on any atom is 0.222 e. The largest absolute Gasteiger partial charge is 0.379 e. The van der Waals surface area contributed by atoms with E-state index in [4.69, 9.17) is 9.47 Å². The molecule has 2 amide bonds. The number of unbranched alkanes of at least 4 members (excludes halogenated alkanes) is 12. The van der Waals surface area contributed by atoms with Crippen molar-refractivity contribution in [2.45, 2.75) is 161 Å². The normalized spacial score (nSPS) is 17.2. The molecule has 0 aromatic carbocycles. The highest BCUT2D eigenvalue weighted by Gasteiger charge is 2.23. The lowest BCUT2D eigenvalue weighted by Crippen LogP contribution is -2.43. The Hall–Kier alpha value is -1.47. The highest BCUT2D eigenvalue weighted by Crippen LogP contribution is 2.19. The molecule has 228 valence electrons. The smallest absolute Gasteiger partial charge is 0.222 e. The molecule has 0 bridgehead atoms. The highest BCUT2D eigenvalue weighted by molar-refractivity contribution is 5.78. The van der Waals surface area contributed by atoms with Crippen LogP contribution >= 0.6 is 0 Å². The predicted octanol–water partition coefficient (Wildman–Crippen LogP) is 6.80. The summed E-state index contributed by atoms with van der Waals surface area (Å²) in [5, 5.41) is 6.31. The third-order valence-electron chi connectivity index (χ3n) is 7.73. The Morgan fingerprint density at radius 3 is 1.41 bits per heavy atom. The number of carbonyl (C=O) groups is 3. The van der Waals surface area contributed by atoms with Crippen molar-refractivity contribution in [2.75, 3.05) is 26.4 Å². The van der Waals surface area contributed by atoms with Crippen LogP contribution < -0.4 is 10.6 Å². The van der Waals surface area contributed by atoms with Gasteiger partial charge in [-0.15, -0.1) is 0 Å². The number of Topliss-reactive ketones (excluding diaryl/α,β-unsaturated/α-hetero) is 1. The van der Waals surface area contributed by atoms with Gasteiger partial charge in [-0.3, -0.25) is 14.4 Å². The molecule has 0 aliphatic heterocycles. The maximum atomic E-state index is 12.3. The van der Waals surface area contributed by atoms with Crippen LogP contribution in [0.1, 0.15) is 149 Å². The van der Waals surface area contributed by atoms with E-state index in [0.29, 0.717) is 52.1 Å². The van der Waals surface area contributed by atoms with E-state index < -0.39 is 0 Å². The third kappa shape index (κ3) is 22.0. The Labute approximate surface area is 239 Å². The van der Waals surface area contributed by atoms with Gasteiger partial charge in [0.25, 0.3) is 0 Å². The van der Waals surface area contributed by atoms with Crippen LogP contribution in [0.25, 0.3) is 0 Å². The highest BCUT2D eigenvalue weighted by atomic mass is 16.5. The SMILES string of the molecule is CCCCCCCCCCCCCCCC(=O)NC1CCC(NC(=O)CCOCCOCCC(=O)CC)CC1. The molecule has 1 saturated carbocycles. The molecule has 2 N–H and O–H groups in total. The van der Waals surface area contributed by atoms with E-state index in [1.54, 1.807) is 0 Å². The summed E-state index contributed by atoms with van der Waals surface area (Å²) in [7, 11) is 0. The van der Waals surface area contributed by atoms with Gasteiger partial charge in [0.1, 0.15) is 5.78 Å². The second-order valence-electron chi connectivity index (χ2n) is 11.3. The van der Waals surface area contributed by atoms with Gasteiger partial charge < -0.3 is 20.1 Å². The summed E-state index contributed by atoms with van der Waals surface area (Å²) in [6.07, 6.45) is 22.7. The summed E-state index contributed by atoms with van der Waals surface area (Å²) in [6.45, 7) is 5.78. The summed E-state index contributed by atoms with van der Waals surface area (Å²) < 4.78 is 10.8. The van der Waals surface area contributed by atoms with E-state index in [2.05, 4.69) is 17.6 Å². The first-order valence-electron chi connectivity index (χ1n) is 16.3. The number of amides is 2. The van der Waals surface area contributed by atoms with Gasteiger partial charge in [0.2, 0.25) is 11.8 Å². The number of hydrogen-bond acceptors (Lipinski definition) is 5. The number of carbonyl (C=O) groups excluding carboxylic acids is 3. The average molecular weight is 553 g/mol. The minimum Gasteiger partial charge on any atom is -0.379 e. The van der Waals surface area contributed by atoms with Crippen LogP contribution in [0.3, 0.4) is 0 Å². The van der Waals surface area contributed by atoms with Crippen LogP contribution in [0, 0.1) is 0 Å². The van der Waals surface area contributed by atoms with Crippen LogP contribution in [-0.2, 0) is 23.9 Å². The molecule has 0 unspecified atom stereocenters. The third-order valence-corrected chi connectivity index (χ3v) is 7.73. The molecule has 0 radical (unpaired) electrons. The Morgan fingerprint density at radius 2 is 0.949 bits per heavy atom. The number of ether oxygens (including phenoxy) is 2. The van der Waals surface area contributed by atoms with Gasteiger partial charge in [-0.2, -0.15) is 0 Å². The predicted molar refractivity (Wildman–Crippen MR) is 159 cm³/mol. The second-order valence-corrected chi connectivity index (χ2v) is 11.3. The first-order chi connectivity index (χ1) is 19.0. The lowest BCUT2D eigenvalue weighted by atomic mass is 9.91. The second kappa shape index (κ2) is 25.5. The van der Waals surface area contributed by atoms with Crippen molar-refractivity contribution in [2.24, 2.45) is 0 Å². The molecule has 0 spiro atoms. The van der Waals surface area contributed by atoms with E-state index in [1.165, 1.54) is 70.6 Å². The summed E-state index contributed by atoms with van der Waals surface area (Å²) in [5.41, 5.74) is 0. The summed E-state index contributed by atoms with van der Waals surface area (Å²) in [4.78, 5) is 35.7. The Bertz CT molecular complexity index is 620. The number of rotatable bonds is 26. The zero-order valence-corrected chi connectivity index (χ0v) is 25.4. The van der Waals surface area contributed by atoms with E-state index >= 15 is 0 Å². The van der Waals surface area contributed by atoms with E-state index in [-0.39, 0.29) is 29.7 Å². The van der Waals surface area contributed by atoms with Crippen LogP contribution in [0.4, 0.5) is 0 Å². The minimum absolute atomic E-state index is 0.0133. The van der Waals surface area contributed by atoms with Gasteiger partial charge in [0.15, 0.2) is 0 Å². The molecule has 1 fully saturated rings. The maximum absolute atomic E-state index is 12.3. The molecule has 0 aromatic heterocycles. The Kier molecular flexibility index (Phi) is 23.2. The molecule has 7 nitrogen and oxygen atoms in total. The molecule has 0 heterocycles. The minimum atomic E-state index is 0.0133. The molecule has 0 aromatic rings. The molecule has 0 atom stereocenters. The average Bonchev–Trinajstić information content (AvgIpc) is 2.93. The van der Waals surface area contributed by atoms with Crippen molar-refractivity contribution in [3.8, 4) is 0 Å². The zero-order valence-electron chi connectivity index (χ0n) is 25.4. The Morgan fingerprint density at radius 1 is 0.538 bits per heavy atom. The molecule has 7 heteroatoms.